The molecule has 0 saturated carbocycles. The average molecular weight is 407 g/mol. The van der Waals surface area contributed by atoms with E-state index >= 15 is 0 Å². The van der Waals surface area contributed by atoms with Gasteiger partial charge in [0.1, 0.15) is 5.00 Å². The molecule has 3 rings (SSSR count). The molecule has 11 heteroatoms. The van der Waals surface area contributed by atoms with Gasteiger partial charge in [0.15, 0.2) is 5.82 Å². The minimum Gasteiger partial charge on any atom is -0.466 e. The Labute approximate surface area is 165 Å². The van der Waals surface area contributed by atoms with E-state index in [1.807, 2.05) is 0 Å². The number of nitrogens with zero attached hydrogens (tertiary/aromatic N) is 3. The summed E-state index contributed by atoms with van der Waals surface area (Å²) in [5.41, 5.74) is 0.851. The van der Waals surface area contributed by atoms with Crippen LogP contribution >= 0.6 is 11.3 Å². The Bertz CT molecular complexity index is 864. The Morgan fingerprint density at radius 1 is 1.25 bits per heavy atom. The van der Waals surface area contributed by atoms with E-state index in [9.17, 15) is 14.4 Å². The van der Waals surface area contributed by atoms with Gasteiger partial charge in [-0.2, -0.15) is 5.21 Å². The van der Waals surface area contributed by atoms with Crippen LogP contribution in [0.25, 0.3) is 0 Å². The highest BCUT2D eigenvalue weighted by molar-refractivity contribution is 7.17. The van der Waals surface area contributed by atoms with Crippen LogP contribution < -0.4 is 5.32 Å². The Morgan fingerprint density at radius 3 is 2.71 bits per heavy atom. The first kappa shape index (κ1) is 19.9. The van der Waals surface area contributed by atoms with Crippen molar-refractivity contribution in [3.05, 3.63) is 21.8 Å². The van der Waals surface area contributed by atoms with Gasteiger partial charge in [-0.05, 0) is 38.7 Å². The molecule has 1 atom stereocenters. The van der Waals surface area contributed by atoms with Gasteiger partial charge in [0.05, 0.1) is 31.1 Å². The number of ether oxygens (including phenoxy) is 2. The number of nitrogens with one attached hydrogen (secondary N) is 2. The van der Waals surface area contributed by atoms with Gasteiger partial charge in [0, 0.05) is 4.88 Å². The second-order valence-corrected chi connectivity index (χ2v) is 7.22. The summed E-state index contributed by atoms with van der Waals surface area (Å²) in [6.45, 7) is 3.89. The van der Waals surface area contributed by atoms with E-state index in [0.29, 0.717) is 17.0 Å². The van der Waals surface area contributed by atoms with Crippen LogP contribution in [0.3, 0.4) is 0 Å². The minimum atomic E-state index is -0.564. The van der Waals surface area contributed by atoms with Gasteiger partial charge in [0.2, 0.25) is 5.91 Å². The molecule has 10 nitrogen and oxygen atoms in total. The molecule has 0 bridgehead atoms. The molecule has 0 fully saturated rings. The second kappa shape index (κ2) is 8.91. The molecule has 2 aromatic rings. The highest BCUT2D eigenvalue weighted by atomic mass is 32.1. The van der Waals surface area contributed by atoms with Crippen molar-refractivity contribution in [3.8, 4) is 0 Å². The number of fused-ring (bicyclic) bond motifs is 1. The number of hydrogen-bond donors (Lipinski definition) is 2. The highest BCUT2D eigenvalue weighted by Gasteiger charge is 2.36. The number of hydrogen-bond acceptors (Lipinski definition) is 9. The molecule has 28 heavy (non-hydrogen) atoms. The number of carbonyl (C=O) groups excluding carboxylic acids is 3. The van der Waals surface area contributed by atoms with Crippen LogP contribution in [0.15, 0.2) is 0 Å². The molecule has 2 N–H and O–H groups in total. The topological polar surface area (TPSA) is 136 Å². The van der Waals surface area contributed by atoms with Crippen molar-refractivity contribution in [2.75, 3.05) is 18.5 Å². The third kappa shape index (κ3) is 4.19. The fourth-order valence-electron chi connectivity index (χ4n) is 3.20. The number of thiophene rings is 1. The minimum absolute atomic E-state index is 0.0946. The molecule has 0 aromatic carbocycles. The molecule has 0 aliphatic heterocycles. The van der Waals surface area contributed by atoms with Gasteiger partial charge in [-0.3, -0.25) is 9.59 Å². The van der Waals surface area contributed by atoms with Crippen molar-refractivity contribution in [1.82, 2.24) is 20.6 Å². The van der Waals surface area contributed by atoms with Crippen molar-refractivity contribution in [3.63, 3.8) is 0 Å². The summed E-state index contributed by atoms with van der Waals surface area (Å²) < 4.78 is 10.4. The first-order valence-electron chi connectivity index (χ1n) is 9.06. The summed E-state index contributed by atoms with van der Waals surface area (Å²) in [6, 6.07) is 0. The summed E-state index contributed by atoms with van der Waals surface area (Å²) in [5.74, 6) is -1.62. The fraction of sp³-hybridized carbons (Fsp3) is 0.529. The lowest BCUT2D eigenvalue weighted by Crippen LogP contribution is -2.23. The van der Waals surface area contributed by atoms with Gasteiger partial charge in [-0.25, -0.2) is 4.79 Å². The summed E-state index contributed by atoms with van der Waals surface area (Å²) in [4.78, 5) is 38.4. The summed E-state index contributed by atoms with van der Waals surface area (Å²) >= 11 is 1.29. The molecule has 1 aliphatic rings. The standard InChI is InChI=1S/C17H21N5O5S/c1-3-26-16(24)9-6-5-7-10-13(9)14(17(25)27-4-2)15(28-10)18-12(23)8-11-19-21-22-20-11/h9H,3-8H2,1-2H3,(H,18,23)(H,19,20,21,22). The number of esters is 2. The van der Waals surface area contributed by atoms with Crippen molar-refractivity contribution >= 4 is 34.2 Å². The van der Waals surface area contributed by atoms with Crippen LogP contribution in [0.1, 0.15) is 59.2 Å². The van der Waals surface area contributed by atoms with Crippen molar-refractivity contribution in [1.29, 1.82) is 0 Å². The molecule has 150 valence electrons. The molecule has 1 unspecified atom stereocenters. The highest BCUT2D eigenvalue weighted by Crippen LogP contribution is 2.44. The molecular formula is C17H21N5O5S. The largest absolute Gasteiger partial charge is 0.466 e. The van der Waals surface area contributed by atoms with Gasteiger partial charge < -0.3 is 14.8 Å². The van der Waals surface area contributed by atoms with Crippen molar-refractivity contribution in [2.45, 2.75) is 45.4 Å². The van der Waals surface area contributed by atoms with E-state index in [-0.39, 0.29) is 37.0 Å². The van der Waals surface area contributed by atoms with E-state index in [4.69, 9.17) is 9.47 Å². The number of aromatic amines is 1. The zero-order chi connectivity index (χ0) is 20.1. The third-order valence-electron chi connectivity index (χ3n) is 4.28. The third-order valence-corrected chi connectivity index (χ3v) is 5.46. The summed E-state index contributed by atoms with van der Waals surface area (Å²) in [5, 5.41) is 16.3. The first-order valence-corrected chi connectivity index (χ1v) is 9.88. The summed E-state index contributed by atoms with van der Waals surface area (Å²) in [6.07, 6.45) is 2.02. The quantitative estimate of drug-likeness (QED) is 0.661. The average Bonchev–Trinajstić information content (AvgIpc) is 3.28. The number of tetrazole rings is 1. The second-order valence-electron chi connectivity index (χ2n) is 6.11. The molecular weight excluding hydrogens is 386 g/mol. The smallest absolute Gasteiger partial charge is 0.341 e. The molecule has 0 saturated heterocycles. The maximum absolute atomic E-state index is 12.7. The van der Waals surface area contributed by atoms with E-state index in [0.717, 1.165) is 17.7 Å². The number of anilines is 1. The Kier molecular flexibility index (Phi) is 6.34. The zero-order valence-electron chi connectivity index (χ0n) is 15.6. The number of aromatic nitrogens is 4. The molecule has 1 aliphatic carbocycles. The predicted molar refractivity (Wildman–Crippen MR) is 99.1 cm³/mol. The van der Waals surface area contributed by atoms with Crippen LogP contribution in [-0.4, -0.2) is 51.7 Å². The number of H-pyrrole nitrogens is 1. The Balaban J connectivity index is 1.94. The van der Waals surface area contributed by atoms with Gasteiger partial charge in [-0.1, -0.05) is 5.21 Å². The van der Waals surface area contributed by atoms with Gasteiger partial charge in [-0.15, -0.1) is 21.5 Å². The summed E-state index contributed by atoms with van der Waals surface area (Å²) in [7, 11) is 0. The lowest BCUT2D eigenvalue weighted by Gasteiger charge is -2.22. The Hall–Kier alpha value is -2.82. The van der Waals surface area contributed by atoms with E-state index in [2.05, 4.69) is 25.9 Å². The fourth-order valence-corrected chi connectivity index (χ4v) is 4.51. The number of rotatable bonds is 7. The SMILES string of the molecule is CCOC(=O)c1c(NC(=O)Cc2nn[nH]n2)sc2c1C(C(=O)OCC)CCC2. The lowest BCUT2D eigenvalue weighted by atomic mass is 9.85. The van der Waals surface area contributed by atoms with Crippen LogP contribution in [-0.2, 0) is 31.9 Å². The maximum atomic E-state index is 12.7. The number of amides is 1. The van der Waals surface area contributed by atoms with Crippen molar-refractivity contribution in [2.24, 2.45) is 0 Å². The molecule has 2 aromatic heterocycles. The van der Waals surface area contributed by atoms with Crippen LogP contribution in [0, 0.1) is 0 Å². The number of aryl methyl sites for hydroxylation is 1. The maximum Gasteiger partial charge on any atom is 0.341 e. The normalized spacial score (nSPS) is 15.6. The monoisotopic (exact) mass is 407 g/mol. The van der Waals surface area contributed by atoms with E-state index < -0.39 is 17.8 Å². The van der Waals surface area contributed by atoms with Crippen molar-refractivity contribution < 1.29 is 23.9 Å². The van der Waals surface area contributed by atoms with E-state index in [1.165, 1.54) is 11.3 Å². The molecule has 2 heterocycles. The first-order chi connectivity index (χ1) is 13.5. The Morgan fingerprint density at radius 2 is 2.04 bits per heavy atom. The van der Waals surface area contributed by atoms with Crippen LogP contribution in [0.4, 0.5) is 5.00 Å². The predicted octanol–water partition coefficient (Wildman–Crippen LogP) is 1.60. The van der Waals surface area contributed by atoms with Crippen LogP contribution in [0.5, 0.6) is 0 Å². The number of carbonyl (C=O) groups is 3. The molecule has 0 spiro atoms. The van der Waals surface area contributed by atoms with E-state index in [1.54, 1.807) is 13.8 Å². The molecule has 1 amide bonds. The van der Waals surface area contributed by atoms with Crippen LogP contribution in [0.2, 0.25) is 0 Å². The molecule has 0 radical (unpaired) electrons. The zero-order valence-corrected chi connectivity index (χ0v) is 16.4. The lowest BCUT2D eigenvalue weighted by molar-refractivity contribution is -0.145. The van der Waals surface area contributed by atoms with Gasteiger partial charge >= 0.3 is 11.9 Å². The van der Waals surface area contributed by atoms with Gasteiger partial charge in [0.25, 0.3) is 0 Å².